The third kappa shape index (κ3) is 10.6. The molecule has 0 bridgehead atoms. The summed E-state index contributed by atoms with van der Waals surface area (Å²) in [5.74, 6) is 2.05. The number of ether oxygens (including phenoxy) is 3. The van der Waals surface area contributed by atoms with Gasteiger partial charge < -0.3 is 23.6 Å². The summed E-state index contributed by atoms with van der Waals surface area (Å²) < 4.78 is 20.9. The van der Waals surface area contributed by atoms with E-state index >= 15 is 0 Å². The maximum Gasteiger partial charge on any atom is 0.332 e. The average Bonchev–Trinajstić information content (AvgIpc) is 3.60. The molecule has 7 aromatic rings. The number of fused-ring (bicyclic) bond motifs is 4. The standard InChI is InChI=1S/C55H60N2O6/c1-6-9-21-40(7-2)37-57-48-30-27-42(35-46(48)47-36-43(28-31-49(47)57)55(59)53-44-23-14-13-22-41(44)29-32-52(53)60-8-3)54(56-63-39(5)58)45-24-15-17-26-51(45)62-34-19-11-10-18-33-61-50-25-16-12-20-38(50)4/h12-17,20,22-32,35-36,40H,6-11,18-19,21,33-34,37H2,1-5H3/b56-54-. The molecule has 326 valence electrons. The van der Waals surface area contributed by atoms with Gasteiger partial charge in [-0.25, -0.2) is 4.79 Å². The Morgan fingerprint density at radius 3 is 1.98 bits per heavy atom. The normalized spacial score (nSPS) is 12.2. The van der Waals surface area contributed by atoms with Gasteiger partial charge in [0.05, 0.1) is 25.4 Å². The molecule has 8 heteroatoms. The van der Waals surface area contributed by atoms with Crippen molar-refractivity contribution >= 4 is 50.0 Å². The molecule has 63 heavy (non-hydrogen) atoms. The predicted octanol–water partition coefficient (Wildman–Crippen LogP) is 13.4. The molecular formula is C55H60N2O6. The van der Waals surface area contributed by atoms with Crippen molar-refractivity contribution in [2.75, 3.05) is 19.8 Å². The van der Waals surface area contributed by atoms with Gasteiger partial charge in [0.15, 0.2) is 5.78 Å². The third-order valence-electron chi connectivity index (χ3n) is 11.9. The molecule has 0 aliphatic heterocycles. The van der Waals surface area contributed by atoms with Gasteiger partial charge in [0.25, 0.3) is 0 Å². The van der Waals surface area contributed by atoms with Crippen molar-refractivity contribution in [2.45, 2.75) is 92.5 Å². The van der Waals surface area contributed by atoms with Crippen molar-refractivity contribution in [3.63, 3.8) is 0 Å². The highest BCUT2D eigenvalue weighted by Crippen LogP contribution is 2.36. The lowest BCUT2D eigenvalue weighted by molar-refractivity contribution is -0.140. The Labute approximate surface area is 371 Å². The number of rotatable bonds is 22. The molecule has 7 rings (SSSR count). The van der Waals surface area contributed by atoms with Crippen molar-refractivity contribution in [3.05, 3.63) is 149 Å². The van der Waals surface area contributed by atoms with Crippen LogP contribution in [0.5, 0.6) is 17.2 Å². The quantitative estimate of drug-likeness (QED) is 0.0222. The van der Waals surface area contributed by atoms with E-state index in [1.54, 1.807) is 0 Å². The second kappa shape index (κ2) is 21.6. The minimum Gasteiger partial charge on any atom is -0.493 e. The number of unbranched alkanes of at least 4 members (excludes halogenated alkanes) is 4. The number of nitrogens with zero attached hydrogens (tertiary/aromatic N) is 2. The van der Waals surface area contributed by atoms with E-state index in [2.05, 4.69) is 54.8 Å². The number of benzene rings is 6. The fourth-order valence-electron chi connectivity index (χ4n) is 8.47. The Balaban J connectivity index is 1.22. The van der Waals surface area contributed by atoms with E-state index < -0.39 is 5.97 Å². The van der Waals surface area contributed by atoms with Gasteiger partial charge in [-0.05, 0) is 123 Å². The molecule has 0 saturated carbocycles. The number of carbonyl (C=O) groups excluding carboxylic acids is 2. The lowest BCUT2D eigenvalue weighted by Crippen LogP contribution is -2.11. The van der Waals surface area contributed by atoms with Crippen LogP contribution in [-0.4, -0.2) is 41.9 Å². The minimum absolute atomic E-state index is 0.0950. The molecule has 8 nitrogen and oxygen atoms in total. The average molecular weight is 845 g/mol. The maximum absolute atomic E-state index is 14.7. The lowest BCUT2D eigenvalue weighted by Gasteiger charge is -2.18. The van der Waals surface area contributed by atoms with Crippen LogP contribution in [0.4, 0.5) is 0 Å². The molecule has 0 spiro atoms. The van der Waals surface area contributed by atoms with Gasteiger partial charge in [-0.2, -0.15) is 0 Å². The number of hydrogen-bond acceptors (Lipinski definition) is 7. The zero-order valence-corrected chi connectivity index (χ0v) is 37.5. The number of oxime groups is 1. The fraction of sp³-hybridized carbons (Fsp3) is 0.327. The third-order valence-corrected chi connectivity index (χ3v) is 11.9. The molecular weight excluding hydrogens is 785 g/mol. The summed E-state index contributed by atoms with van der Waals surface area (Å²) in [5, 5.41) is 8.24. The molecule has 0 amide bonds. The van der Waals surface area contributed by atoms with E-state index in [0.29, 0.717) is 59.6 Å². The monoisotopic (exact) mass is 844 g/mol. The number of ketones is 1. The summed E-state index contributed by atoms with van der Waals surface area (Å²) in [7, 11) is 0. The minimum atomic E-state index is -0.518. The Bertz CT molecular complexity index is 2710. The fourth-order valence-corrected chi connectivity index (χ4v) is 8.47. The number of aromatic nitrogens is 1. The first-order valence-corrected chi connectivity index (χ1v) is 22.7. The highest BCUT2D eigenvalue weighted by Gasteiger charge is 2.23. The SMILES string of the molecule is CCCCC(CC)Cn1c2ccc(C(=O)c3c(OCC)ccc4ccccc34)cc2c2cc(/C(=N/OC(C)=O)c3ccccc3OCCCCCCOc3ccccc3C)ccc21. The summed E-state index contributed by atoms with van der Waals surface area (Å²) in [6.07, 6.45) is 8.41. The highest BCUT2D eigenvalue weighted by atomic mass is 16.7. The van der Waals surface area contributed by atoms with Crippen molar-refractivity contribution in [3.8, 4) is 17.2 Å². The Kier molecular flexibility index (Phi) is 15.3. The van der Waals surface area contributed by atoms with Crippen molar-refractivity contribution in [1.82, 2.24) is 4.57 Å². The van der Waals surface area contributed by atoms with E-state index in [4.69, 9.17) is 19.0 Å². The van der Waals surface area contributed by atoms with Crippen LogP contribution in [0.25, 0.3) is 32.6 Å². The predicted molar refractivity (Wildman–Crippen MR) is 256 cm³/mol. The molecule has 0 fully saturated rings. The summed E-state index contributed by atoms with van der Waals surface area (Å²) in [4.78, 5) is 32.3. The van der Waals surface area contributed by atoms with Crippen LogP contribution in [0.3, 0.4) is 0 Å². The molecule has 0 aliphatic rings. The Hall–Kier alpha value is -6.41. The highest BCUT2D eigenvalue weighted by molar-refractivity contribution is 6.21. The smallest absolute Gasteiger partial charge is 0.332 e. The number of hydrogen-bond donors (Lipinski definition) is 0. The van der Waals surface area contributed by atoms with Gasteiger partial charge in [-0.15, -0.1) is 0 Å². The van der Waals surface area contributed by atoms with Crippen LogP contribution in [0, 0.1) is 12.8 Å². The first kappa shape index (κ1) is 44.6. The van der Waals surface area contributed by atoms with E-state index in [-0.39, 0.29) is 5.78 Å². The van der Waals surface area contributed by atoms with E-state index in [1.165, 1.54) is 13.3 Å². The molecule has 0 aliphatic carbocycles. The summed E-state index contributed by atoms with van der Waals surface area (Å²) in [6, 6.07) is 40.1. The van der Waals surface area contributed by atoms with Crippen LogP contribution in [0.1, 0.15) is 112 Å². The summed E-state index contributed by atoms with van der Waals surface area (Å²) in [6.45, 7) is 12.4. The van der Waals surface area contributed by atoms with Crippen LogP contribution >= 0.6 is 0 Å². The molecule has 1 heterocycles. The zero-order chi connectivity index (χ0) is 44.1. The molecule has 0 saturated heterocycles. The molecule has 6 aromatic carbocycles. The van der Waals surface area contributed by atoms with Crippen LogP contribution in [-0.2, 0) is 16.2 Å². The van der Waals surface area contributed by atoms with Crippen LogP contribution in [0.15, 0.2) is 126 Å². The largest absolute Gasteiger partial charge is 0.493 e. The van der Waals surface area contributed by atoms with Gasteiger partial charge in [-0.3, -0.25) is 4.79 Å². The zero-order valence-electron chi connectivity index (χ0n) is 37.5. The summed E-state index contributed by atoms with van der Waals surface area (Å²) in [5.41, 5.74) is 6.36. The second-order valence-electron chi connectivity index (χ2n) is 16.3. The summed E-state index contributed by atoms with van der Waals surface area (Å²) >= 11 is 0. The van der Waals surface area contributed by atoms with Gasteiger partial charge >= 0.3 is 5.97 Å². The van der Waals surface area contributed by atoms with Crippen molar-refractivity contribution in [2.24, 2.45) is 11.1 Å². The lowest BCUT2D eigenvalue weighted by atomic mass is 9.95. The van der Waals surface area contributed by atoms with Gasteiger partial charge in [0, 0.05) is 52.0 Å². The second-order valence-corrected chi connectivity index (χ2v) is 16.3. The molecule has 0 N–H and O–H groups in total. The number of aryl methyl sites for hydroxylation is 1. The van der Waals surface area contributed by atoms with Gasteiger partial charge in [0.2, 0.25) is 0 Å². The molecule has 1 aromatic heterocycles. The van der Waals surface area contributed by atoms with Gasteiger partial charge in [0.1, 0.15) is 23.0 Å². The molecule has 1 atom stereocenters. The van der Waals surface area contributed by atoms with E-state index in [1.807, 2.05) is 104 Å². The van der Waals surface area contributed by atoms with E-state index in [0.717, 1.165) is 101 Å². The first-order valence-electron chi connectivity index (χ1n) is 22.7. The van der Waals surface area contributed by atoms with E-state index in [9.17, 15) is 9.59 Å². The molecule has 0 radical (unpaired) electrons. The Morgan fingerprint density at radius 1 is 0.635 bits per heavy atom. The topological polar surface area (TPSA) is 88.4 Å². The first-order chi connectivity index (χ1) is 30.8. The van der Waals surface area contributed by atoms with Crippen molar-refractivity contribution < 1.29 is 28.6 Å². The Morgan fingerprint density at radius 2 is 1.29 bits per heavy atom. The number of carbonyl (C=O) groups is 2. The molecule has 1 unspecified atom stereocenters. The van der Waals surface area contributed by atoms with Crippen molar-refractivity contribution in [1.29, 1.82) is 0 Å². The van der Waals surface area contributed by atoms with Gasteiger partial charge in [-0.1, -0.05) is 105 Å². The maximum atomic E-state index is 14.7. The van der Waals surface area contributed by atoms with Crippen LogP contribution in [0.2, 0.25) is 0 Å². The van der Waals surface area contributed by atoms with Crippen LogP contribution < -0.4 is 14.2 Å². The number of para-hydroxylation sites is 2.